The van der Waals surface area contributed by atoms with Crippen LogP contribution < -0.4 is 10.6 Å². The lowest BCUT2D eigenvalue weighted by atomic mass is 9.95. The zero-order chi connectivity index (χ0) is 15.2. The summed E-state index contributed by atoms with van der Waals surface area (Å²) in [4.78, 5) is 23.2. The maximum Gasteiger partial charge on any atom is 0.411 e. The molecule has 2 amide bonds. The summed E-state index contributed by atoms with van der Waals surface area (Å²) in [5, 5.41) is 5.34. The van der Waals surface area contributed by atoms with Crippen molar-refractivity contribution in [2.45, 2.75) is 20.8 Å². The van der Waals surface area contributed by atoms with Crippen LogP contribution in [0, 0.1) is 5.41 Å². The first kappa shape index (κ1) is 16.3. The van der Waals surface area contributed by atoms with Crippen molar-refractivity contribution in [2.75, 3.05) is 23.1 Å². The zero-order valence-electron chi connectivity index (χ0n) is 11.8. The fourth-order valence-electron chi connectivity index (χ4n) is 1.28. The lowest BCUT2D eigenvalue weighted by Crippen LogP contribution is -2.32. The number of amides is 2. The standard InChI is InChI=1S/C14H19ClN2O3/c1-4-20-13(19)17-11-7-5-10(6-8-11)16-12(18)14(2,3)9-15/h5-8H,4,9H2,1-3H3,(H,16,18)(H,17,19). The molecule has 20 heavy (non-hydrogen) atoms. The highest BCUT2D eigenvalue weighted by atomic mass is 35.5. The highest BCUT2D eigenvalue weighted by molar-refractivity contribution is 6.20. The van der Waals surface area contributed by atoms with E-state index in [0.29, 0.717) is 18.0 Å². The van der Waals surface area contributed by atoms with Gasteiger partial charge in [0.15, 0.2) is 0 Å². The molecule has 0 atom stereocenters. The van der Waals surface area contributed by atoms with Gasteiger partial charge in [0, 0.05) is 17.3 Å². The molecule has 1 aromatic carbocycles. The summed E-state index contributed by atoms with van der Waals surface area (Å²) in [5.41, 5.74) is 0.601. The number of halogens is 1. The van der Waals surface area contributed by atoms with Crippen LogP contribution in [0.1, 0.15) is 20.8 Å². The Bertz CT molecular complexity index is 472. The van der Waals surface area contributed by atoms with E-state index in [-0.39, 0.29) is 11.8 Å². The van der Waals surface area contributed by atoms with Gasteiger partial charge in [-0.1, -0.05) is 0 Å². The van der Waals surface area contributed by atoms with Crippen molar-refractivity contribution in [3.05, 3.63) is 24.3 Å². The van der Waals surface area contributed by atoms with Crippen molar-refractivity contribution in [3.8, 4) is 0 Å². The number of ether oxygens (including phenoxy) is 1. The highest BCUT2D eigenvalue weighted by Gasteiger charge is 2.26. The molecule has 0 aliphatic rings. The van der Waals surface area contributed by atoms with Crippen molar-refractivity contribution < 1.29 is 14.3 Å². The van der Waals surface area contributed by atoms with Gasteiger partial charge in [-0.05, 0) is 45.0 Å². The summed E-state index contributed by atoms with van der Waals surface area (Å²) < 4.78 is 4.77. The summed E-state index contributed by atoms with van der Waals surface area (Å²) in [6, 6.07) is 6.76. The molecule has 0 radical (unpaired) electrons. The molecule has 0 fully saturated rings. The van der Waals surface area contributed by atoms with Crippen molar-refractivity contribution in [1.82, 2.24) is 0 Å². The lowest BCUT2D eigenvalue weighted by molar-refractivity contribution is -0.122. The topological polar surface area (TPSA) is 67.4 Å². The molecule has 2 N–H and O–H groups in total. The van der Waals surface area contributed by atoms with Gasteiger partial charge >= 0.3 is 6.09 Å². The van der Waals surface area contributed by atoms with E-state index in [4.69, 9.17) is 16.3 Å². The Balaban J connectivity index is 2.63. The summed E-state index contributed by atoms with van der Waals surface area (Å²) in [6.07, 6.45) is -0.507. The Hall–Kier alpha value is -1.75. The van der Waals surface area contributed by atoms with E-state index < -0.39 is 11.5 Å². The van der Waals surface area contributed by atoms with Gasteiger partial charge in [0.2, 0.25) is 5.91 Å². The van der Waals surface area contributed by atoms with Crippen LogP contribution in [-0.2, 0) is 9.53 Å². The van der Waals surface area contributed by atoms with Gasteiger partial charge in [0.25, 0.3) is 0 Å². The smallest absolute Gasteiger partial charge is 0.411 e. The second-order valence-electron chi connectivity index (χ2n) is 4.89. The minimum absolute atomic E-state index is 0.154. The predicted octanol–water partition coefficient (Wildman–Crippen LogP) is 3.46. The number of rotatable bonds is 5. The quantitative estimate of drug-likeness (QED) is 0.818. The van der Waals surface area contributed by atoms with E-state index in [1.54, 1.807) is 45.0 Å². The monoisotopic (exact) mass is 298 g/mol. The fourth-order valence-corrected chi connectivity index (χ4v) is 1.40. The van der Waals surface area contributed by atoms with Gasteiger partial charge < -0.3 is 10.1 Å². The zero-order valence-corrected chi connectivity index (χ0v) is 12.6. The van der Waals surface area contributed by atoms with Gasteiger partial charge in [-0.2, -0.15) is 0 Å². The number of nitrogens with one attached hydrogen (secondary N) is 2. The van der Waals surface area contributed by atoms with E-state index >= 15 is 0 Å². The normalized spacial score (nSPS) is 10.8. The molecular weight excluding hydrogens is 280 g/mol. The number of benzene rings is 1. The van der Waals surface area contributed by atoms with Crippen molar-refractivity contribution >= 4 is 35.0 Å². The number of hydrogen-bond donors (Lipinski definition) is 2. The Kier molecular flexibility index (Phi) is 5.82. The summed E-state index contributed by atoms with van der Waals surface area (Å²) >= 11 is 5.74. The number of anilines is 2. The van der Waals surface area contributed by atoms with Gasteiger partial charge in [-0.3, -0.25) is 10.1 Å². The SMILES string of the molecule is CCOC(=O)Nc1ccc(NC(=O)C(C)(C)CCl)cc1. The van der Waals surface area contributed by atoms with Crippen LogP contribution in [0.5, 0.6) is 0 Å². The second-order valence-corrected chi connectivity index (χ2v) is 5.16. The van der Waals surface area contributed by atoms with Gasteiger partial charge in [0.05, 0.1) is 12.0 Å². The number of carbonyl (C=O) groups excluding carboxylic acids is 2. The van der Waals surface area contributed by atoms with Crippen LogP contribution in [0.25, 0.3) is 0 Å². The van der Waals surface area contributed by atoms with E-state index in [2.05, 4.69) is 10.6 Å². The minimum Gasteiger partial charge on any atom is -0.450 e. The molecule has 1 rings (SSSR count). The average molecular weight is 299 g/mol. The molecule has 0 aromatic heterocycles. The van der Waals surface area contributed by atoms with E-state index in [9.17, 15) is 9.59 Å². The second kappa shape index (κ2) is 7.14. The predicted molar refractivity (Wildman–Crippen MR) is 80.2 cm³/mol. The maximum atomic E-state index is 11.9. The van der Waals surface area contributed by atoms with Crippen LogP contribution in [0.4, 0.5) is 16.2 Å². The largest absolute Gasteiger partial charge is 0.450 e. The van der Waals surface area contributed by atoms with E-state index in [0.717, 1.165) is 0 Å². The molecule has 0 saturated carbocycles. The van der Waals surface area contributed by atoms with Crippen molar-refractivity contribution in [3.63, 3.8) is 0 Å². The molecule has 5 nitrogen and oxygen atoms in total. The molecule has 0 saturated heterocycles. The molecule has 110 valence electrons. The summed E-state index contributed by atoms with van der Waals surface area (Å²) in [5.74, 6) is 0.0834. The third kappa shape index (κ3) is 4.74. The Morgan fingerprint density at radius 1 is 1.15 bits per heavy atom. The van der Waals surface area contributed by atoms with Gasteiger partial charge in [-0.25, -0.2) is 4.79 Å². The first-order valence-corrected chi connectivity index (χ1v) is 6.83. The number of hydrogen-bond acceptors (Lipinski definition) is 3. The molecule has 0 spiro atoms. The third-order valence-corrected chi connectivity index (χ3v) is 3.28. The van der Waals surface area contributed by atoms with Gasteiger partial charge in [0.1, 0.15) is 0 Å². The van der Waals surface area contributed by atoms with Crippen LogP contribution in [-0.4, -0.2) is 24.5 Å². The first-order valence-electron chi connectivity index (χ1n) is 6.30. The number of alkyl halides is 1. The molecule has 6 heteroatoms. The van der Waals surface area contributed by atoms with E-state index in [1.807, 2.05) is 0 Å². The lowest BCUT2D eigenvalue weighted by Gasteiger charge is -2.20. The van der Waals surface area contributed by atoms with Gasteiger partial charge in [-0.15, -0.1) is 11.6 Å². The molecule has 0 bridgehead atoms. The Morgan fingerprint density at radius 3 is 2.10 bits per heavy atom. The fraction of sp³-hybridized carbons (Fsp3) is 0.429. The Labute approximate surface area is 123 Å². The van der Waals surface area contributed by atoms with Crippen molar-refractivity contribution in [2.24, 2.45) is 5.41 Å². The minimum atomic E-state index is -0.636. The van der Waals surface area contributed by atoms with Crippen molar-refractivity contribution in [1.29, 1.82) is 0 Å². The Morgan fingerprint density at radius 2 is 1.65 bits per heavy atom. The average Bonchev–Trinajstić information content (AvgIpc) is 2.41. The third-order valence-electron chi connectivity index (χ3n) is 2.61. The molecule has 0 aliphatic carbocycles. The summed E-state index contributed by atoms with van der Waals surface area (Å²) in [7, 11) is 0. The molecular formula is C14H19ClN2O3. The molecule has 0 aliphatic heterocycles. The molecule has 0 heterocycles. The summed E-state index contributed by atoms with van der Waals surface area (Å²) in [6.45, 7) is 5.59. The molecule has 1 aromatic rings. The van der Waals surface area contributed by atoms with E-state index in [1.165, 1.54) is 0 Å². The van der Waals surface area contributed by atoms with Crippen LogP contribution >= 0.6 is 11.6 Å². The van der Waals surface area contributed by atoms with Crippen LogP contribution in [0.2, 0.25) is 0 Å². The molecule has 0 unspecified atom stereocenters. The number of carbonyl (C=O) groups is 2. The maximum absolute atomic E-state index is 11.9. The van der Waals surface area contributed by atoms with Crippen LogP contribution in [0.15, 0.2) is 24.3 Å². The highest BCUT2D eigenvalue weighted by Crippen LogP contribution is 2.21. The van der Waals surface area contributed by atoms with Crippen LogP contribution in [0.3, 0.4) is 0 Å². The first-order chi connectivity index (χ1) is 9.39.